The van der Waals surface area contributed by atoms with E-state index >= 15 is 0 Å². The van der Waals surface area contributed by atoms with Gasteiger partial charge < -0.3 is 9.63 Å². The molecule has 0 radical (unpaired) electrons. The van der Waals surface area contributed by atoms with Crippen molar-refractivity contribution >= 4 is 7.52 Å². The number of hydrogen-bond acceptors (Lipinski definition) is 3. The SMILES string of the molecule is CCCCCCCCCCCCCCCCP(=O)(NCCO)OC. The number of nitrogens with one attached hydrogen (secondary N) is 1. The Kier molecular flexibility index (Phi) is 18.0. The molecule has 0 saturated carbocycles. The molecular weight excluding hydrogens is 321 g/mol. The van der Waals surface area contributed by atoms with Crippen LogP contribution in [0.15, 0.2) is 0 Å². The Morgan fingerprint density at radius 3 is 1.58 bits per heavy atom. The zero-order chi connectivity index (χ0) is 17.9. The molecule has 0 aliphatic rings. The van der Waals surface area contributed by atoms with Crippen molar-refractivity contribution in [1.82, 2.24) is 5.09 Å². The van der Waals surface area contributed by atoms with Crippen LogP contribution in [0.3, 0.4) is 0 Å². The second kappa shape index (κ2) is 17.9. The van der Waals surface area contributed by atoms with Crippen LogP contribution in [0.2, 0.25) is 0 Å². The minimum Gasteiger partial charge on any atom is -0.395 e. The van der Waals surface area contributed by atoms with Crippen LogP contribution >= 0.6 is 7.52 Å². The molecule has 0 aromatic heterocycles. The summed E-state index contributed by atoms with van der Waals surface area (Å²) in [5.74, 6) is 0. The highest BCUT2D eigenvalue weighted by Gasteiger charge is 2.19. The van der Waals surface area contributed by atoms with Gasteiger partial charge in [0.15, 0.2) is 0 Å². The van der Waals surface area contributed by atoms with Gasteiger partial charge in [0.2, 0.25) is 0 Å². The predicted molar refractivity (Wildman–Crippen MR) is 105 cm³/mol. The Balaban J connectivity index is 3.29. The maximum Gasteiger partial charge on any atom is 0.269 e. The predicted octanol–water partition coefficient (Wildman–Crippen LogP) is 5.89. The van der Waals surface area contributed by atoms with Crippen molar-refractivity contribution in [1.29, 1.82) is 0 Å². The summed E-state index contributed by atoms with van der Waals surface area (Å²) >= 11 is 0. The van der Waals surface area contributed by atoms with Crippen LogP contribution in [0.4, 0.5) is 0 Å². The third kappa shape index (κ3) is 15.6. The molecule has 0 amide bonds. The lowest BCUT2D eigenvalue weighted by Gasteiger charge is -2.16. The van der Waals surface area contributed by atoms with Gasteiger partial charge in [-0.25, -0.2) is 5.09 Å². The molecule has 1 atom stereocenters. The van der Waals surface area contributed by atoms with Crippen molar-refractivity contribution in [2.24, 2.45) is 0 Å². The second-order valence-electron chi connectivity index (χ2n) is 6.81. The highest BCUT2D eigenvalue weighted by molar-refractivity contribution is 7.56. The van der Waals surface area contributed by atoms with Crippen molar-refractivity contribution in [3.63, 3.8) is 0 Å². The van der Waals surface area contributed by atoms with Gasteiger partial charge in [-0.1, -0.05) is 90.4 Å². The van der Waals surface area contributed by atoms with Gasteiger partial charge in [-0.05, 0) is 6.42 Å². The van der Waals surface area contributed by atoms with Gasteiger partial charge in [-0.2, -0.15) is 0 Å². The standard InChI is InChI=1S/C19H42NO3P/c1-3-4-5-6-7-8-9-10-11-12-13-14-15-16-19-24(22,23-2)20-17-18-21/h21H,3-19H2,1-2H3,(H,20,22). The third-order valence-corrected chi connectivity index (χ3v) is 6.77. The summed E-state index contributed by atoms with van der Waals surface area (Å²) in [6, 6.07) is 0. The summed E-state index contributed by atoms with van der Waals surface area (Å²) in [7, 11) is -1.23. The Hall–Kier alpha value is 0.110. The normalized spacial score (nSPS) is 14.0. The molecule has 146 valence electrons. The summed E-state index contributed by atoms with van der Waals surface area (Å²) < 4.78 is 17.3. The first kappa shape index (κ1) is 24.1. The van der Waals surface area contributed by atoms with Crippen LogP contribution in [0.25, 0.3) is 0 Å². The van der Waals surface area contributed by atoms with E-state index in [1.165, 1.54) is 84.2 Å². The number of hydrogen-bond donors (Lipinski definition) is 2. The minimum absolute atomic E-state index is 0.00785. The summed E-state index contributed by atoms with van der Waals surface area (Å²) in [5, 5.41) is 11.6. The maximum atomic E-state index is 12.2. The second-order valence-corrected chi connectivity index (χ2v) is 9.28. The van der Waals surface area contributed by atoms with Gasteiger partial charge >= 0.3 is 0 Å². The molecule has 2 N–H and O–H groups in total. The largest absolute Gasteiger partial charge is 0.395 e. The van der Waals surface area contributed by atoms with Crippen LogP contribution in [-0.4, -0.2) is 31.5 Å². The molecule has 0 saturated heterocycles. The third-order valence-electron chi connectivity index (χ3n) is 4.57. The van der Waals surface area contributed by atoms with Crippen LogP contribution < -0.4 is 5.09 Å². The maximum absolute atomic E-state index is 12.2. The van der Waals surface area contributed by atoms with E-state index in [-0.39, 0.29) is 6.61 Å². The fourth-order valence-corrected chi connectivity index (χ4v) is 4.52. The van der Waals surface area contributed by atoms with E-state index in [4.69, 9.17) is 9.63 Å². The van der Waals surface area contributed by atoms with E-state index < -0.39 is 7.52 Å². The summed E-state index contributed by atoms with van der Waals surface area (Å²) in [6.07, 6.45) is 19.0. The Labute approximate surface area is 150 Å². The van der Waals surface area contributed by atoms with E-state index in [1.54, 1.807) is 0 Å². The Morgan fingerprint density at radius 1 is 0.792 bits per heavy atom. The number of rotatable bonds is 19. The molecular formula is C19H42NO3P. The average molecular weight is 364 g/mol. The van der Waals surface area contributed by atoms with Gasteiger partial charge in [0.1, 0.15) is 0 Å². The first-order valence-electron chi connectivity index (χ1n) is 10.2. The average Bonchev–Trinajstić information content (AvgIpc) is 2.60. The smallest absolute Gasteiger partial charge is 0.269 e. The monoisotopic (exact) mass is 363 g/mol. The molecule has 4 nitrogen and oxygen atoms in total. The molecule has 0 aromatic rings. The van der Waals surface area contributed by atoms with Gasteiger partial charge in [0.05, 0.1) is 6.61 Å². The molecule has 0 aliphatic carbocycles. The number of aliphatic hydroxyl groups is 1. The minimum atomic E-state index is -2.71. The zero-order valence-corrected chi connectivity index (χ0v) is 17.1. The van der Waals surface area contributed by atoms with E-state index in [9.17, 15) is 4.57 Å². The molecule has 0 fully saturated rings. The molecule has 24 heavy (non-hydrogen) atoms. The van der Waals surface area contributed by atoms with Gasteiger partial charge in [-0.3, -0.25) is 4.57 Å². The lowest BCUT2D eigenvalue weighted by Crippen LogP contribution is -2.18. The van der Waals surface area contributed by atoms with E-state index in [0.29, 0.717) is 12.7 Å². The lowest BCUT2D eigenvalue weighted by atomic mass is 10.0. The molecule has 0 aromatic carbocycles. The zero-order valence-electron chi connectivity index (χ0n) is 16.2. The Bertz CT molecular complexity index is 300. The molecule has 1 unspecified atom stereocenters. The van der Waals surface area contributed by atoms with Crippen LogP contribution in [0, 0.1) is 0 Å². The molecule has 5 heteroatoms. The number of aliphatic hydroxyl groups excluding tert-OH is 1. The lowest BCUT2D eigenvalue weighted by molar-refractivity contribution is 0.295. The fraction of sp³-hybridized carbons (Fsp3) is 1.00. The summed E-state index contributed by atoms with van der Waals surface area (Å²) in [6.45, 7) is 2.60. The van der Waals surface area contributed by atoms with Gasteiger partial charge in [-0.15, -0.1) is 0 Å². The van der Waals surface area contributed by atoms with Crippen molar-refractivity contribution in [3.05, 3.63) is 0 Å². The van der Waals surface area contributed by atoms with Crippen LogP contribution in [0.5, 0.6) is 0 Å². The quantitative estimate of drug-likeness (QED) is 0.222. The Morgan fingerprint density at radius 2 is 1.21 bits per heavy atom. The van der Waals surface area contributed by atoms with Gasteiger partial charge in [0.25, 0.3) is 7.52 Å². The van der Waals surface area contributed by atoms with E-state index in [1.807, 2.05) is 0 Å². The van der Waals surface area contributed by atoms with E-state index in [2.05, 4.69) is 12.0 Å². The van der Waals surface area contributed by atoms with Gasteiger partial charge in [0, 0.05) is 19.8 Å². The first-order chi connectivity index (χ1) is 11.7. The van der Waals surface area contributed by atoms with Crippen molar-refractivity contribution < 1.29 is 14.2 Å². The topological polar surface area (TPSA) is 58.6 Å². The molecule has 0 spiro atoms. The van der Waals surface area contributed by atoms with Crippen molar-refractivity contribution in [3.8, 4) is 0 Å². The molecule has 0 aliphatic heterocycles. The van der Waals surface area contributed by atoms with Crippen LogP contribution in [-0.2, 0) is 9.09 Å². The highest BCUT2D eigenvalue weighted by Crippen LogP contribution is 2.41. The van der Waals surface area contributed by atoms with Crippen molar-refractivity contribution in [2.45, 2.75) is 96.8 Å². The highest BCUT2D eigenvalue weighted by atomic mass is 31.2. The van der Waals surface area contributed by atoms with Crippen molar-refractivity contribution in [2.75, 3.05) is 26.4 Å². The van der Waals surface area contributed by atoms with E-state index in [0.717, 1.165) is 12.8 Å². The summed E-state index contributed by atoms with van der Waals surface area (Å²) in [4.78, 5) is 0. The fourth-order valence-electron chi connectivity index (χ4n) is 2.97. The molecule has 0 heterocycles. The molecule has 0 rings (SSSR count). The number of unbranched alkanes of at least 4 members (excludes halogenated alkanes) is 13. The first-order valence-corrected chi connectivity index (χ1v) is 12.0. The van der Waals surface area contributed by atoms with Crippen LogP contribution in [0.1, 0.15) is 96.8 Å². The molecule has 0 bridgehead atoms. The summed E-state index contributed by atoms with van der Waals surface area (Å²) in [5.41, 5.74) is 0.